The van der Waals surface area contributed by atoms with Crippen LogP contribution in [0.1, 0.15) is 59.8 Å². The largest absolute Gasteiger partial charge is 0.393 e. The topological polar surface area (TPSA) is 20.2 Å². The zero-order valence-corrected chi connectivity index (χ0v) is 9.71. The maximum absolute atomic E-state index is 9.66. The maximum Gasteiger partial charge on any atom is 0.0542 e. The monoisotopic (exact) mass is 186 g/mol. The lowest BCUT2D eigenvalue weighted by atomic mass is 9.93. The third-order valence-corrected chi connectivity index (χ3v) is 2.81. The highest BCUT2D eigenvalue weighted by Crippen LogP contribution is 2.18. The van der Waals surface area contributed by atoms with Crippen LogP contribution in [0.5, 0.6) is 0 Å². The first kappa shape index (κ1) is 13.0. The highest BCUT2D eigenvalue weighted by molar-refractivity contribution is 4.62. The van der Waals surface area contributed by atoms with Crippen LogP contribution in [0, 0.1) is 11.8 Å². The molecule has 0 saturated heterocycles. The Morgan fingerprint density at radius 3 is 1.92 bits per heavy atom. The smallest absolute Gasteiger partial charge is 0.0542 e. The molecule has 0 fully saturated rings. The van der Waals surface area contributed by atoms with Crippen LogP contribution < -0.4 is 0 Å². The molecule has 0 aromatic carbocycles. The predicted molar refractivity (Wildman–Crippen MR) is 58.8 cm³/mol. The summed E-state index contributed by atoms with van der Waals surface area (Å²) in [6.07, 6.45) is 5.59. The van der Waals surface area contributed by atoms with Crippen molar-refractivity contribution >= 4 is 0 Å². The molecule has 80 valence electrons. The van der Waals surface area contributed by atoms with E-state index in [2.05, 4.69) is 27.7 Å². The van der Waals surface area contributed by atoms with Gasteiger partial charge in [-0.25, -0.2) is 0 Å². The van der Waals surface area contributed by atoms with Crippen LogP contribution in [-0.4, -0.2) is 11.2 Å². The summed E-state index contributed by atoms with van der Waals surface area (Å²) in [5.41, 5.74) is 0. The Balaban J connectivity index is 3.49. The molecule has 0 aromatic heterocycles. The fourth-order valence-electron chi connectivity index (χ4n) is 1.79. The predicted octanol–water partition coefficient (Wildman–Crippen LogP) is 3.61. The van der Waals surface area contributed by atoms with Crippen molar-refractivity contribution in [3.8, 4) is 0 Å². The van der Waals surface area contributed by atoms with Gasteiger partial charge >= 0.3 is 0 Å². The van der Waals surface area contributed by atoms with Gasteiger partial charge in [0.15, 0.2) is 0 Å². The highest BCUT2D eigenvalue weighted by Gasteiger charge is 2.10. The minimum Gasteiger partial charge on any atom is -0.393 e. The first-order chi connectivity index (χ1) is 6.10. The van der Waals surface area contributed by atoms with Gasteiger partial charge in [0.25, 0.3) is 0 Å². The standard InChI is InChI=1S/C12H26O/c1-5-11(6-2)7-8-12(13)9-10(3)4/h10-13H,5-9H2,1-4H3. The van der Waals surface area contributed by atoms with Gasteiger partial charge in [-0.3, -0.25) is 0 Å². The van der Waals surface area contributed by atoms with Gasteiger partial charge in [-0.2, -0.15) is 0 Å². The van der Waals surface area contributed by atoms with E-state index in [0.717, 1.165) is 18.8 Å². The van der Waals surface area contributed by atoms with Crippen LogP contribution in [0.4, 0.5) is 0 Å². The molecule has 0 heterocycles. The van der Waals surface area contributed by atoms with Crippen molar-refractivity contribution in [2.75, 3.05) is 0 Å². The molecule has 0 aliphatic rings. The van der Waals surface area contributed by atoms with Crippen molar-refractivity contribution in [3.05, 3.63) is 0 Å². The first-order valence-electron chi connectivity index (χ1n) is 5.78. The van der Waals surface area contributed by atoms with Crippen molar-refractivity contribution in [3.63, 3.8) is 0 Å². The van der Waals surface area contributed by atoms with Gasteiger partial charge in [0, 0.05) is 0 Å². The zero-order chi connectivity index (χ0) is 10.3. The fourth-order valence-corrected chi connectivity index (χ4v) is 1.79. The second-order valence-electron chi connectivity index (χ2n) is 4.54. The molecule has 13 heavy (non-hydrogen) atoms. The summed E-state index contributed by atoms with van der Waals surface area (Å²) >= 11 is 0. The molecule has 1 heteroatoms. The second-order valence-corrected chi connectivity index (χ2v) is 4.54. The number of hydrogen-bond donors (Lipinski definition) is 1. The third-order valence-electron chi connectivity index (χ3n) is 2.81. The summed E-state index contributed by atoms with van der Waals surface area (Å²) in [7, 11) is 0. The third kappa shape index (κ3) is 7.06. The Hall–Kier alpha value is -0.0400. The lowest BCUT2D eigenvalue weighted by Gasteiger charge is -2.16. The summed E-state index contributed by atoms with van der Waals surface area (Å²) in [6, 6.07) is 0. The molecule has 0 bridgehead atoms. The summed E-state index contributed by atoms with van der Waals surface area (Å²) in [4.78, 5) is 0. The van der Waals surface area contributed by atoms with Crippen molar-refractivity contribution in [1.82, 2.24) is 0 Å². The van der Waals surface area contributed by atoms with Gasteiger partial charge in [-0.15, -0.1) is 0 Å². The second kappa shape index (κ2) is 7.37. The summed E-state index contributed by atoms with van der Waals surface area (Å²) in [5, 5.41) is 9.66. The molecule has 0 saturated carbocycles. The molecule has 1 unspecified atom stereocenters. The van der Waals surface area contributed by atoms with Crippen LogP contribution in [0.2, 0.25) is 0 Å². The average Bonchev–Trinajstić information content (AvgIpc) is 2.05. The van der Waals surface area contributed by atoms with E-state index in [0.29, 0.717) is 5.92 Å². The van der Waals surface area contributed by atoms with Crippen molar-refractivity contribution in [2.45, 2.75) is 65.9 Å². The maximum atomic E-state index is 9.66. The van der Waals surface area contributed by atoms with Crippen LogP contribution in [0.25, 0.3) is 0 Å². The molecule has 0 spiro atoms. The van der Waals surface area contributed by atoms with Crippen molar-refractivity contribution in [2.24, 2.45) is 11.8 Å². The quantitative estimate of drug-likeness (QED) is 0.644. The van der Waals surface area contributed by atoms with E-state index < -0.39 is 0 Å². The molecule has 1 N–H and O–H groups in total. The van der Waals surface area contributed by atoms with E-state index in [1.54, 1.807) is 0 Å². The van der Waals surface area contributed by atoms with Gasteiger partial charge < -0.3 is 5.11 Å². The zero-order valence-electron chi connectivity index (χ0n) is 9.71. The number of hydrogen-bond acceptors (Lipinski definition) is 1. The summed E-state index contributed by atoms with van der Waals surface area (Å²) < 4.78 is 0. The van der Waals surface area contributed by atoms with Crippen molar-refractivity contribution < 1.29 is 5.11 Å². The molecule has 0 aromatic rings. The number of aliphatic hydroxyl groups excluding tert-OH is 1. The van der Waals surface area contributed by atoms with Gasteiger partial charge in [-0.05, 0) is 31.1 Å². The number of rotatable bonds is 7. The van der Waals surface area contributed by atoms with Gasteiger partial charge in [0.1, 0.15) is 0 Å². The Morgan fingerprint density at radius 1 is 1.00 bits per heavy atom. The normalized spacial score (nSPS) is 14.1. The first-order valence-corrected chi connectivity index (χ1v) is 5.78. The lowest BCUT2D eigenvalue weighted by Crippen LogP contribution is -2.12. The van der Waals surface area contributed by atoms with Crippen LogP contribution >= 0.6 is 0 Å². The molecular formula is C12H26O. The number of aliphatic hydroxyl groups is 1. The van der Waals surface area contributed by atoms with E-state index in [1.807, 2.05) is 0 Å². The molecule has 1 nitrogen and oxygen atoms in total. The van der Waals surface area contributed by atoms with Crippen LogP contribution in [-0.2, 0) is 0 Å². The van der Waals surface area contributed by atoms with Gasteiger partial charge in [0.05, 0.1) is 6.10 Å². The van der Waals surface area contributed by atoms with E-state index in [1.165, 1.54) is 19.3 Å². The Morgan fingerprint density at radius 2 is 1.54 bits per heavy atom. The lowest BCUT2D eigenvalue weighted by molar-refractivity contribution is 0.130. The molecule has 0 rings (SSSR count). The molecule has 0 radical (unpaired) electrons. The summed E-state index contributed by atoms with van der Waals surface area (Å²) in [6.45, 7) is 8.81. The SMILES string of the molecule is CCC(CC)CCC(O)CC(C)C. The molecular weight excluding hydrogens is 160 g/mol. The van der Waals surface area contributed by atoms with E-state index >= 15 is 0 Å². The Labute approximate surface area is 83.5 Å². The van der Waals surface area contributed by atoms with Gasteiger partial charge in [-0.1, -0.05) is 40.5 Å². The van der Waals surface area contributed by atoms with Crippen molar-refractivity contribution in [1.29, 1.82) is 0 Å². The van der Waals surface area contributed by atoms with Crippen LogP contribution in [0.15, 0.2) is 0 Å². The molecule has 0 amide bonds. The fraction of sp³-hybridized carbons (Fsp3) is 1.00. The molecule has 1 atom stereocenters. The average molecular weight is 186 g/mol. The summed E-state index contributed by atoms with van der Waals surface area (Å²) in [5.74, 6) is 1.44. The van der Waals surface area contributed by atoms with E-state index in [-0.39, 0.29) is 6.10 Å². The van der Waals surface area contributed by atoms with Gasteiger partial charge in [0.2, 0.25) is 0 Å². The minimum absolute atomic E-state index is 0.0689. The molecule has 0 aliphatic carbocycles. The minimum atomic E-state index is -0.0689. The Bertz CT molecular complexity index is 106. The molecule has 0 aliphatic heterocycles. The highest BCUT2D eigenvalue weighted by atomic mass is 16.3. The van der Waals surface area contributed by atoms with E-state index in [9.17, 15) is 5.11 Å². The Kier molecular flexibility index (Phi) is 7.35. The van der Waals surface area contributed by atoms with E-state index in [4.69, 9.17) is 0 Å². The van der Waals surface area contributed by atoms with Crippen LogP contribution in [0.3, 0.4) is 0 Å².